The minimum absolute atomic E-state index is 0.0547. The van der Waals surface area contributed by atoms with E-state index in [4.69, 9.17) is 9.84 Å². The molecule has 1 aliphatic heterocycles. The Morgan fingerprint density at radius 2 is 2.35 bits per heavy atom. The molecule has 3 rings (SSSR count). The lowest BCUT2D eigenvalue weighted by molar-refractivity contribution is -0.138. The van der Waals surface area contributed by atoms with Crippen LogP contribution in [0.4, 0.5) is 0 Å². The van der Waals surface area contributed by atoms with Crippen molar-refractivity contribution in [2.24, 2.45) is 0 Å². The van der Waals surface area contributed by atoms with E-state index in [-0.39, 0.29) is 18.6 Å². The van der Waals surface area contributed by atoms with Crippen molar-refractivity contribution >= 4 is 23.2 Å². The second kappa shape index (κ2) is 7.98. The number of carbonyl (C=O) groups excluding carboxylic acids is 1. The maximum absolute atomic E-state index is 12.8. The van der Waals surface area contributed by atoms with E-state index < -0.39 is 5.97 Å². The second-order valence-corrected chi connectivity index (χ2v) is 7.45. The zero-order valence-corrected chi connectivity index (χ0v) is 15.6. The van der Waals surface area contributed by atoms with Crippen molar-refractivity contribution in [1.82, 2.24) is 19.8 Å². The van der Waals surface area contributed by atoms with Crippen molar-refractivity contribution < 1.29 is 19.4 Å². The van der Waals surface area contributed by atoms with Gasteiger partial charge >= 0.3 is 5.97 Å². The zero-order chi connectivity index (χ0) is 18.7. The molecule has 0 spiro atoms. The number of nitrogens with one attached hydrogen (secondary N) is 1. The van der Waals surface area contributed by atoms with E-state index >= 15 is 0 Å². The number of aryl methyl sites for hydroxylation is 1. The summed E-state index contributed by atoms with van der Waals surface area (Å²) < 4.78 is 5.68. The van der Waals surface area contributed by atoms with Gasteiger partial charge in [0.2, 0.25) is 0 Å². The molecule has 9 heteroatoms. The third-order valence-electron chi connectivity index (χ3n) is 4.17. The normalized spacial score (nSPS) is 17.7. The number of rotatable bonds is 6. The molecule has 2 aromatic rings. The topological polar surface area (TPSA) is 98.8 Å². The summed E-state index contributed by atoms with van der Waals surface area (Å²) in [5.74, 6) is -0.968. The first-order valence-electron chi connectivity index (χ1n) is 8.34. The predicted molar refractivity (Wildman–Crippen MR) is 97.4 cm³/mol. The number of nitrogens with zero attached hydrogens (tertiary/aromatic N) is 3. The number of aliphatic carboxylic acids is 1. The van der Waals surface area contributed by atoms with E-state index in [0.717, 1.165) is 16.3 Å². The second-order valence-electron chi connectivity index (χ2n) is 6.39. The first kappa shape index (κ1) is 18.6. The van der Waals surface area contributed by atoms with Crippen molar-refractivity contribution in [1.29, 1.82) is 0 Å². The first-order valence-corrected chi connectivity index (χ1v) is 9.22. The van der Waals surface area contributed by atoms with Crippen LogP contribution in [0.2, 0.25) is 0 Å². The van der Waals surface area contributed by atoms with Gasteiger partial charge in [0.1, 0.15) is 5.69 Å². The van der Waals surface area contributed by atoms with Gasteiger partial charge in [0.05, 0.1) is 30.0 Å². The van der Waals surface area contributed by atoms with Crippen molar-refractivity contribution in [3.05, 3.63) is 28.3 Å². The smallest absolute Gasteiger partial charge is 0.317 e. The van der Waals surface area contributed by atoms with Crippen LogP contribution in [0.5, 0.6) is 0 Å². The van der Waals surface area contributed by atoms with Crippen LogP contribution < -0.4 is 0 Å². The van der Waals surface area contributed by atoms with Gasteiger partial charge < -0.3 is 19.7 Å². The van der Waals surface area contributed by atoms with Crippen LogP contribution in [-0.2, 0) is 9.53 Å². The summed E-state index contributed by atoms with van der Waals surface area (Å²) in [7, 11) is 1.73. The fourth-order valence-corrected chi connectivity index (χ4v) is 3.61. The van der Waals surface area contributed by atoms with E-state index in [9.17, 15) is 9.59 Å². The van der Waals surface area contributed by atoms with Gasteiger partial charge in [-0.05, 0) is 20.0 Å². The number of hydrogen-bond donors (Lipinski definition) is 2. The number of morpholine rings is 1. The molecule has 0 aliphatic carbocycles. The predicted octanol–water partition coefficient (Wildman–Crippen LogP) is 1.30. The fourth-order valence-electron chi connectivity index (χ4n) is 2.99. The third kappa shape index (κ3) is 4.48. The Balaban J connectivity index is 1.62. The molecule has 2 N–H and O–H groups in total. The number of carboxylic acid groups (broad SMARTS) is 1. The number of H-pyrrole nitrogens is 1. The number of ether oxygens (including phenoxy) is 1. The van der Waals surface area contributed by atoms with Crippen molar-refractivity contribution in [3.63, 3.8) is 0 Å². The summed E-state index contributed by atoms with van der Waals surface area (Å²) in [6.07, 6.45) is 1.59. The Morgan fingerprint density at radius 1 is 1.54 bits per heavy atom. The average Bonchev–Trinajstić information content (AvgIpc) is 3.22. The number of likely N-dealkylation sites (N-methyl/N-ethyl adjacent to an activating group) is 1. The molecule has 1 unspecified atom stereocenters. The van der Waals surface area contributed by atoms with Crippen LogP contribution in [0.3, 0.4) is 0 Å². The van der Waals surface area contributed by atoms with Gasteiger partial charge in [0.15, 0.2) is 0 Å². The SMILES string of the molecule is Cc1nc(-c2c[nH]c(C(=O)N3CCOC(CN(C)CC(=O)O)C3)c2)cs1. The number of aromatic nitrogens is 2. The molecule has 140 valence electrons. The monoisotopic (exact) mass is 378 g/mol. The molecule has 1 amide bonds. The molecule has 26 heavy (non-hydrogen) atoms. The van der Waals surface area contributed by atoms with Crippen molar-refractivity contribution in [2.45, 2.75) is 13.0 Å². The van der Waals surface area contributed by atoms with Gasteiger partial charge in [-0.15, -0.1) is 11.3 Å². The highest BCUT2D eigenvalue weighted by atomic mass is 32.1. The molecule has 0 aromatic carbocycles. The minimum Gasteiger partial charge on any atom is -0.480 e. The molecule has 1 aliphatic rings. The number of amides is 1. The summed E-state index contributed by atoms with van der Waals surface area (Å²) >= 11 is 1.57. The zero-order valence-electron chi connectivity index (χ0n) is 14.8. The van der Waals surface area contributed by atoms with Crippen LogP contribution in [0.15, 0.2) is 17.6 Å². The standard InChI is InChI=1S/C17H22N4O4S/c1-11-19-15(10-26-11)12-5-14(18-6-12)17(24)21-3-4-25-13(8-21)7-20(2)9-16(22)23/h5-6,10,13,18H,3-4,7-9H2,1-2H3,(H,22,23). The molecule has 2 aromatic heterocycles. The Kier molecular flexibility index (Phi) is 5.70. The van der Waals surface area contributed by atoms with Gasteiger partial charge in [-0.25, -0.2) is 4.98 Å². The lowest BCUT2D eigenvalue weighted by Gasteiger charge is -2.34. The third-order valence-corrected chi connectivity index (χ3v) is 4.95. The number of aromatic amines is 1. The number of carboxylic acids is 1. The lowest BCUT2D eigenvalue weighted by atomic mass is 10.2. The number of carbonyl (C=O) groups is 2. The highest BCUT2D eigenvalue weighted by molar-refractivity contribution is 7.09. The Hall–Kier alpha value is -2.23. The van der Waals surface area contributed by atoms with E-state index in [0.29, 0.717) is 31.9 Å². The van der Waals surface area contributed by atoms with Crippen LogP contribution in [0, 0.1) is 6.92 Å². The maximum atomic E-state index is 12.8. The van der Waals surface area contributed by atoms with Gasteiger partial charge in [-0.3, -0.25) is 14.5 Å². The molecule has 1 saturated heterocycles. The minimum atomic E-state index is -0.882. The Labute approximate surface area is 155 Å². The van der Waals surface area contributed by atoms with Gasteiger partial charge in [-0.2, -0.15) is 0 Å². The van der Waals surface area contributed by atoms with Crippen molar-refractivity contribution in [2.75, 3.05) is 39.8 Å². The van der Waals surface area contributed by atoms with Gasteiger partial charge in [0, 0.05) is 36.8 Å². The summed E-state index contributed by atoms with van der Waals surface area (Å²) in [6, 6.07) is 1.82. The van der Waals surface area contributed by atoms with Crippen molar-refractivity contribution in [3.8, 4) is 11.3 Å². The molecular weight excluding hydrogens is 356 g/mol. The van der Waals surface area contributed by atoms with E-state index in [1.54, 1.807) is 34.4 Å². The maximum Gasteiger partial charge on any atom is 0.317 e. The lowest BCUT2D eigenvalue weighted by Crippen LogP contribution is -2.49. The number of hydrogen-bond acceptors (Lipinski definition) is 6. The molecule has 1 atom stereocenters. The quantitative estimate of drug-likeness (QED) is 0.786. The van der Waals surface area contributed by atoms with Gasteiger partial charge in [-0.1, -0.05) is 0 Å². The highest BCUT2D eigenvalue weighted by Crippen LogP contribution is 2.23. The van der Waals surface area contributed by atoms with E-state index in [2.05, 4.69) is 9.97 Å². The molecule has 3 heterocycles. The average molecular weight is 378 g/mol. The molecule has 0 bridgehead atoms. The van der Waals surface area contributed by atoms with E-state index in [1.165, 1.54) is 0 Å². The summed E-state index contributed by atoms with van der Waals surface area (Å²) in [4.78, 5) is 34.4. The highest BCUT2D eigenvalue weighted by Gasteiger charge is 2.27. The van der Waals surface area contributed by atoms with Crippen LogP contribution in [-0.4, -0.2) is 82.7 Å². The molecule has 8 nitrogen and oxygen atoms in total. The van der Waals surface area contributed by atoms with Crippen LogP contribution >= 0.6 is 11.3 Å². The molecular formula is C17H22N4O4S. The summed E-state index contributed by atoms with van der Waals surface area (Å²) in [6.45, 7) is 3.75. The summed E-state index contributed by atoms with van der Waals surface area (Å²) in [5.41, 5.74) is 2.27. The van der Waals surface area contributed by atoms with Crippen LogP contribution in [0.25, 0.3) is 11.3 Å². The molecule has 0 radical (unpaired) electrons. The van der Waals surface area contributed by atoms with Gasteiger partial charge in [0.25, 0.3) is 5.91 Å². The Bertz CT molecular complexity index is 787. The largest absolute Gasteiger partial charge is 0.480 e. The Morgan fingerprint density at radius 3 is 3.04 bits per heavy atom. The fraction of sp³-hybridized carbons (Fsp3) is 0.471. The molecule has 1 fully saturated rings. The molecule has 0 saturated carbocycles. The van der Waals surface area contributed by atoms with E-state index in [1.807, 2.05) is 18.4 Å². The summed E-state index contributed by atoms with van der Waals surface area (Å²) in [5, 5.41) is 11.8. The number of thiazole rings is 1. The first-order chi connectivity index (χ1) is 12.4. The van der Waals surface area contributed by atoms with Crippen LogP contribution in [0.1, 0.15) is 15.5 Å².